The van der Waals surface area contributed by atoms with Crippen LogP contribution >= 0.6 is 0 Å². The molecule has 0 amide bonds. The molecule has 1 aliphatic rings. The van der Waals surface area contributed by atoms with Gasteiger partial charge in [-0.3, -0.25) is 4.99 Å². The van der Waals surface area contributed by atoms with Crippen molar-refractivity contribution in [1.29, 1.82) is 0 Å². The first-order valence-electron chi connectivity index (χ1n) is 8.46. The monoisotopic (exact) mass is 299 g/mol. The first kappa shape index (κ1) is 18.2. The Kier molecular flexibility index (Phi) is 11.2. The van der Waals surface area contributed by atoms with E-state index in [9.17, 15) is 0 Å². The van der Waals surface area contributed by atoms with Crippen LogP contribution in [0.2, 0.25) is 0 Å². The molecule has 1 rings (SSSR count). The molecule has 2 N–H and O–H groups in total. The van der Waals surface area contributed by atoms with E-state index >= 15 is 0 Å². The fourth-order valence-electron chi connectivity index (χ4n) is 2.35. The molecule has 1 fully saturated rings. The van der Waals surface area contributed by atoms with E-state index in [1.54, 1.807) is 0 Å². The van der Waals surface area contributed by atoms with Gasteiger partial charge < -0.3 is 20.1 Å². The second-order valence-corrected chi connectivity index (χ2v) is 5.62. The van der Waals surface area contributed by atoms with Crippen LogP contribution in [0.25, 0.3) is 0 Å². The maximum atomic E-state index is 5.75. The minimum Gasteiger partial charge on any atom is -0.381 e. The zero-order valence-corrected chi connectivity index (χ0v) is 13.8. The highest BCUT2D eigenvalue weighted by atomic mass is 16.5. The van der Waals surface area contributed by atoms with Crippen LogP contribution in [0.3, 0.4) is 0 Å². The number of nitrogens with zero attached hydrogens (tertiary/aromatic N) is 1. The van der Waals surface area contributed by atoms with Gasteiger partial charge in [0.15, 0.2) is 5.96 Å². The van der Waals surface area contributed by atoms with Crippen LogP contribution in [-0.2, 0) is 9.47 Å². The Balaban J connectivity index is 1.91. The van der Waals surface area contributed by atoms with Gasteiger partial charge in [-0.15, -0.1) is 0 Å². The Bertz CT molecular complexity index is 266. The van der Waals surface area contributed by atoms with E-state index in [0.29, 0.717) is 5.92 Å². The molecule has 5 heteroatoms. The zero-order valence-electron chi connectivity index (χ0n) is 13.8. The van der Waals surface area contributed by atoms with Gasteiger partial charge in [-0.25, -0.2) is 0 Å². The molecule has 0 bridgehead atoms. The van der Waals surface area contributed by atoms with Crippen LogP contribution in [0.1, 0.15) is 45.4 Å². The van der Waals surface area contributed by atoms with Crippen molar-refractivity contribution in [3.05, 3.63) is 0 Å². The highest BCUT2D eigenvalue weighted by Crippen LogP contribution is 2.14. The second-order valence-electron chi connectivity index (χ2n) is 5.62. The van der Waals surface area contributed by atoms with Gasteiger partial charge >= 0.3 is 0 Å². The number of unbranched alkanes of at least 4 members (excludes halogenated alkanes) is 2. The van der Waals surface area contributed by atoms with E-state index in [1.807, 2.05) is 7.05 Å². The number of guanidine groups is 1. The smallest absolute Gasteiger partial charge is 0.190 e. The normalized spacial score (nSPS) is 17.0. The predicted molar refractivity (Wildman–Crippen MR) is 87.9 cm³/mol. The summed E-state index contributed by atoms with van der Waals surface area (Å²) in [5.41, 5.74) is 0. The molecule has 124 valence electrons. The molecule has 21 heavy (non-hydrogen) atoms. The van der Waals surface area contributed by atoms with E-state index in [4.69, 9.17) is 9.47 Å². The van der Waals surface area contributed by atoms with Crippen LogP contribution in [0.5, 0.6) is 0 Å². The molecule has 0 radical (unpaired) electrons. The summed E-state index contributed by atoms with van der Waals surface area (Å²) in [5.74, 6) is 1.59. The standard InChI is InChI=1S/C16H33N3O2/c1-3-4-5-9-18-16(17-2)19-10-6-11-21-14-15-7-12-20-13-8-15/h15H,3-14H2,1-2H3,(H2,17,18,19). The van der Waals surface area contributed by atoms with Crippen molar-refractivity contribution in [2.24, 2.45) is 10.9 Å². The summed E-state index contributed by atoms with van der Waals surface area (Å²) < 4.78 is 11.1. The number of hydrogen-bond acceptors (Lipinski definition) is 3. The second kappa shape index (κ2) is 12.9. The van der Waals surface area contributed by atoms with Gasteiger partial charge in [-0.05, 0) is 31.6 Å². The Morgan fingerprint density at radius 3 is 2.52 bits per heavy atom. The molecule has 1 heterocycles. The molecule has 1 aliphatic heterocycles. The van der Waals surface area contributed by atoms with E-state index in [-0.39, 0.29) is 0 Å². The lowest BCUT2D eigenvalue weighted by atomic mass is 10.0. The molecular weight excluding hydrogens is 266 g/mol. The van der Waals surface area contributed by atoms with E-state index in [1.165, 1.54) is 19.3 Å². The minimum absolute atomic E-state index is 0.694. The van der Waals surface area contributed by atoms with Crippen LogP contribution in [0.4, 0.5) is 0 Å². The van der Waals surface area contributed by atoms with Crippen LogP contribution < -0.4 is 10.6 Å². The summed E-state index contributed by atoms with van der Waals surface area (Å²) in [6.45, 7) is 7.61. The molecule has 0 atom stereocenters. The predicted octanol–water partition coefficient (Wildman–Crippen LogP) is 2.17. The highest BCUT2D eigenvalue weighted by Gasteiger charge is 2.13. The van der Waals surface area contributed by atoms with Gasteiger partial charge in [0.25, 0.3) is 0 Å². The van der Waals surface area contributed by atoms with Crippen molar-refractivity contribution in [1.82, 2.24) is 10.6 Å². The Morgan fingerprint density at radius 2 is 1.86 bits per heavy atom. The van der Waals surface area contributed by atoms with E-state index in [0.717, 1.165) is 64.7 Å². The summed E-state index contributed by atoms with van der Waals surface area (Å²) in [7, 11) is 1.82. The van der Waals surface area contributed by atoms with Crippen LogP contribution in [0, 0.1) is 5.92 Å². The van der Waals surface area contributed by atoms with Crippen molar-refractivity contribution < 1.29 is 9.47 Å². The number of nitrogens with one attached hydrogen (secondary N) is 2. The summed E-state index contributed by atoms with van der Waals surface area (Å²) in [4.78, 5) is 4.22. The molecule has 0 saturated carbocycles. The fraction of sp³-hybridized carbons (Fsp3) is 0.938. The average molecular weight is 299 g/mol. The van der Waals surface area contributed by atoms with Gasteiger partial charge in [0.05, 0.1) is 0 Å². The quantitative estimate of drug-likeness (QED) is 0.369. The largest absolute Gasteiger partial charge is 0.381 e. The van der Waals surface area contributed by atoms with Gasteiger partial charge in [0.2, 0.25) is 0 Å². The van der Waals surface area contributed by atoms with Gasteiger partial charge in [-0.1, -0.05) is 19.8 Å². The Hall–Kier alpha value is -0.810. The summed E-state index contributed by atoms with van der Waals surface area (Å²) >= 11 is 0. The molecule has 1 saturated heterocycles. The average Bonchev–Trinajstić information content (AvgIpc) is 2.53. The molecule has 5 nitrogen and oxygen atoms in total. The van der Waals surface area contributed by atoms with E-state index in [2.05, 4.69) is 22.5 Å². The van der Waals surface area contributed by atoms with Gasteiger partial charge in [0, 0.05) is 46.6 Å². The van der Waals surface area contributed by atoms with Crippen molar-refractivity contribution in [3.8, 4) is 0 Å². The maximum Gasteiger partial charge on any atom is 0.190 e. The third-order valence-corrected chi connectivity index (χ3v) is 3.75. The number of rotatable bonds is 10. The first-order valence-corrected chi connectivity index (χ1v) is 8.46. The van der Waals surface area contributed by atoms with E-state index < -0.39 is 0 Å². The third kappa shape index (κ3) is 9.69. The molecule has 0 unspecified atom stereocenters. The lowest BCUT2D eigenvalue weighted by Crippen LogP contribution is -2.38. The number of hydrogen-bond donors (Lipinski definition) is 2. The van der Waals surface area contributed by atoms with Crippen molar-refractivity contribution >= 4 is 5.96 Å². The topological polar surface area (TPSA) is 54.9 Å². The highest BCUT2D eigenvalue weighted by molar-refractivity contribution is 5.79. The van der Waals surface area contributed by atoms with Crippen molar-refractivity contribution in [2.75, 3.05) is 46.6 Å². The summed E-state index contributed by atoms with van der Waals surface area (Å²) in [5, 5.41) is 6.65. The lowest BCUT2D eigenvalue weighted by molar-refractivity contribution is 0.0203. The van der Waals surface area contributed by atoms with Crippen molar-refractivity contribution in [2.45, 2.75) is 45.4 Å². The maximum absolute atomic E-state index is 5.75. The summed E-state index contributed by atoms with van der Waals surface area (Å²) in [6, 6.07) is 0. The Morgan fingerprint density at radius 1 is 1.14 bits per heavy atom. The zero-order chi connectivity index (χ0) is 15.2. The van der Waals surface area contributed by atoms with Crippen molar-refractivity contribution in [3.63, 3.8) is 0 Å². The van der Waals surface area contributed by atoms with Gasteiger partial charge in [0.1, 0.15) is 0 Å². The SMILES string of the molecule is CCCCCNC(=NC)NCCCOCC1CCOCC1. The summed E-state index contributed by atoms with van der Waals surface area (Å²) in [6.07, 6.45) is 7.02. The first-order chi connectivity index (χ1) is 10.4. The Labute approximate surface area is 129 Å². The molecular formula is C16H33N3O2. The molecule has 0 aliphatic carbocycles. The van der Waals surface area contributed by atoms with Crippen LogP contribution in [0.15, 0.2) is 4.99 Å². The molecule has 0 aromatic carbocycles. The minimum atomic E-state index is 0.694. The lowest BCUT2D eigenvalue weighted by Gasteiger charge is -2.21. The number of ether oxygens (including phenoxy) is 2. The number of aliphatic imine (C=N–C) groups is 1. The fourth-order valence-corrected chi connectivity index (χ4v) is 2.35. The molecule has 0 aromatic rings. The molecule has 0 spiro atoms. The molecule has 0 aromatic heterocycles. The van der Waals surface area contributed by atoms with Crippen LogP contribution in [-0.4, -0.2) is 52.5 Å². The van der Waals surface area contributed by atoms with Gasteiger partial charge in [-0.2, -0.15) is 0 Å². The third-order valence-electron chi connectivity index (χ3n) is 3.75.